The van der Waals surface area contributed by atoms with Gasteiger partial charge in [0.25, 0.3) is 0 Å². The average molecular weight is 672 g/mol. The molecule has 2 aliphatic heterocycles. The Hall–Kier alpha value is -0.990. The molecule has 2 heterocycles. The van der Waals surface area contributed by atoms with Crippen molar-refractivity contribution in [3.63, 3.8) is 0 Å². The summed E-state index contributed by atoms with van der Waals surface area (Å²) in [6, 6.07) is 0. The van der Waals surface area contributed by atoms with Gasteiger partial charge in [0.2, 0.25) is 0 Å². The normalized spacial score (nSPS) is 47.4. The number of carbonyl (C=O) groups is 1. The van der Waals surface area contributed by atoms with Crippen LogP contribution in [0.25, 0.3) is 0 Å². The van der Waals surface area contributed by atoms with E-state index in [9.17, 15) is 9.90 Å². The molecule has 2 N–H and O–H groups in total. The number of hydrogen-bond acceptors (Lipinski definition) is 6. The summed E-state index contributed by atoms with van der Waals surface area (Å²) in [7, 11) is 1.89. The SMILES string of the molecule is CCNC1(CO[C@H]2[C@H](OC)C[C@]34C5=CC[C@@]6(C)[C@H](CC(=O)O)[C@@](C)([C@H](C)C(C)C)CC[C@]6(C)[C@H]5CC[C@H]3[C@@]2(C)CO[C@H]4C)CCOCC1. The van der Waals surface area contributed by atoms with Crippen molar-refractivity contribution in [3.05, 3.63) is 11.6 Å². The molecule has 0 aromatic heterocycles. The zero-order chi connectivity index (χ0) is 34.9. The number of carboxylic acid groups (broad SMARTS) is 1. The Morgan fingerprint density at radius 1 is 1.06 bits per heavy atom. The van der Waals surface area contributed by atoms with Gasteiger partial charge in [0.1, 0.15) is 0 Å². The molecule has 2 bridgehead atoms. The van der Waals surface area contributed by atoms with E-state index in [0.29, 0.717) is 36.9 Å². The van der Waals surface area contributed by atoms with E-state index in [1.54, 1.807) is 5.57 Å². The molecule has 3 saturated carbocycles. The molecule has 12 atom stereocenters. The first-order chi connectivity index (χ1) is 22.6. The largest absolute Gasteiger partial charge is 0.481 e. The zero-order valence-corrected chi connectivity index (χ0v) is 32.1. The average Bonchev–Trinajstić information content (AvgIpc) is 3.05. The summed E-state index contributed by atoms with van der Waals surface area (Å²) >= 11 is 0. The lowest BCUT2D eigenvalue weighted by atomic mass is 9.33. The summed E-state index contributed by atoms with van der Waals surface area (Å²) in [4.78, 5) is 12.6. The van der Waals surface area contributed by atoms with Crippen molar-refractivity contribution in [1.82, 2.24) is 5.32 Å². The molecule has 2 saturated heterocycles. The highest BCUT2D eigenvalue weighted by Crippen LogP contribution is 2.76. The zero-order valence-electron chi connectivity index (χ0n) is 32.1. The third-order valence-corrected chi connectivity index (χ3v) is 16.8. The van der Waals surface area contributed by atoms with Gasteiger partial charge in [0, 0.05) is 43.1 Å². The van der Waals surface area contributed by atoms with Crippen LogP contribution in [0.4, 0.5) is 0 Å². The van der Waals surface area contributed by atoms with Gasteiger partial charge < -0.3 is 29.4 Å². The highest BCUT2D eigenvalue weighted by atomic mass is 16.5. The molecule has 0 spiro atoms. The van der Waals surface area contributed by atoms with Crippen molar-refractivity contribution < 1.29 is 28.8 Å². The Balaban J connectivity index is 1.38. The van der Waals surface area contributed by atoms with Gasteiger partial charge in [0.15, 0.2) is 0 Å². The summed E-state index contributed by atoms with van der Waals surface area (Å²) in [6.07, 6.45) is 11.3. The fourth-order valence-electron chi connectivity index (χ4n) is 13.4. The lowest BCUT2D eigenvalue weighted by Gasteiger charge is -2.73. The number of allylic oxidation sites excluding steroid dienone is 1. The Morgan fingerprint density at radius 2 is 1.77 bits per heavy atom. The molecule has 0 radical (unpaired) electrons. The first-order valence-electron chi connectivity index (χ1n) is 19.6. The van der Waals surface area contributed by atoms with E-state index >= 15 is 0 Å². The molecule has 274 valence electrons. The van der Waals surface area contributed by atoms with Crippen LogP contribution >= 0.6 is 0 Å². The van der Waals surface area contributed by atoms with Gasteiger partial charge >= 0.3 is 5.97 Å². The lowest BCUT2D eigenvalue weighted by Crippen LogP contribution is -2.72. The number of hydrogen-bond donors (Lipinski definition) is 2. The first-order valence-corrected chi connectivity index (χ1v) is 19.6. The summed E-state index contributed by atoms with van der Waals surface area (Å²) in [5.41, 5.74) is 1.21. The van der Waals surface area contributed by atoms with E-state index in [1.165, 1.54) is 0 Å². The van der Waals surface area contributed by atoms with Crippen LogP contribution in [0.5, 0.6) is 0 Å². The Labute approximate surface area is 292 Å². The van der Waals surface area contributed by atoms with E-state index in [4.69, 9.17) is 18.9 Å². The van der Waals surface area contributed by atoms with Crippen molar-refractivity contribution in [1.29, 1.82) is 0 Å². The number of likely N-dealkylation sites (N-methyl/N-ethyl adjacent to an activating group) is 1. The van der Waals surface area contributed by atoms with Crippen LogP contribution in [-0.4, -0.2) is 75.0 Å². The van der Waals surface area contributed by atoms with Crippen LogP contribution in [0.1, 0.15) is 120 Å². The maximum atomic E-state index is 12.6. The van der Waals surface area contributed by atoms with Gasteiger partial charge in [-0.15, -0.1) is 0 Å². The molecule has 7 nitrogen and oxygen atoms in total. The van der Waals surface area contributed by atoms with Crippen molar-refractivity contribution >= 4 is 5.97 Å². The van der Waals surface area contributed by atoms with Gasteiger partial charge in [-0.1, -0.05) is 67.0 Å². The Morgan fingerprint density at radius 3 is 2.40 bits per heavy atom. The highest BCUT2D eigenvalue weighted by Gasteiger charge is 2.72. The molecule has 6 rings (SSSR count). The summed E-state index contributed by atoms with van der Waals surface area (Å²) in [5, 5.41) is 14.1. The van der Waals surface area contributed by atoms with E-state index in [2.05, 4.69) is 73.7 Å². The number of aliphatic carboxylic acids is 1. The van der Waals surface area contributed by atoms with Crippen molar-refractivity contribution in [3.8, 4) is 0 Å². The summed E-state index contributed by atoms with van der Waals surface area (Å²) in [6.45, 7) is 25.3. The van der Waals surface area contributed by atoms with Crippen LogP contribution in [-0.2, 0) is 23.7 Å². The topological polar surface area (TPSA) is 86.3 Å². The van der Waals surface area contributed by atoms with Crippen molar-refractivity contribution in [2.24, 2.45) is 56.7 Å². The number of carboxylic acids is 1. The second-order valence-electron chi connectivity index (χ2n) is 18.7. The Kier molecular flexibility index (Phi) is 9.89. The maximum absolute atomic E-state index is 12.6. The van der Waals surface area contributed by atoms with Gasteiger partial charge in [-0.25, -0.2) is 0 Å². The number of fused-ring (bicyclic) bond motifs is 3. The minimum atomic E-state index is -0.646. The highest BCUT2D eigenvalue weighted by molar-refractivity contribution is 5.67. The minimum absolute atomic E-state index is 0.00748. The number of rotatable bonds is 10. The second kappa shape index (κ2) is 12.9. The van der Waals surface area contributed by atoms with E-state index in [0.717, 1.165) is 71.1 Å². The van der Waals surface area contributed by atoms with Crippen molar-refractivity contribution in [2.45, 2.75) is 144 Å². The van der Waals surface area contributed by atoms with Gasteiger partial charge in [-0.05, 0) is 111 Å². The third-order valence-electron chi connectivity index (χ3n) is 16.8. The fraction of sp³-hybridized carbons (Fsp3) is 0.927. The van der Waals surface area contributed by atoms with Crippen LogP contribution in [0.15, 0.2) is 11.6 Å². The fourth-order valence-corrected chi connectivity index (χ4v) is 13.4. The summed E-state index contributed by atoms with van der Waals surface area (Å²) in [5.74, 6) is 1.33. The monoisotopic (exact) mass is 672 g/mol. The van der Waals surface area contributed by atoms with Crippen molar-refractivity contribution in [2.75, 3.05) is 40.1 Å². The van der Waals surface area contributed by atoms with E-state index < -0.39 is 5.97 Å². The lowest BCUT2D eigenvalue weighted by molar-refractivity contribution is -0.289. The molecule has 48 heavy (non-hydrogen) atoms. The predicted octanol–water partition coefficient (Wildman–Crippen LogP) is 7.91. The van der Waals surface area contributed by atoms with Gasteiger partial charge in [-0.3, -0.25) is 4.79 Å². The summed E-state index contributed by atoms with van der Waals surface area (Å²) < 4.78 is 26.3. The molecule has 5 fully saturated rings. The third kappa shape index (κ3) is 5.24. The quantitative estimate of drug-likeness (QED) is 0.228. The van der Waals surface area contributed by atoms with E-state index in [-0.39, 0.29) is 63.3 Å². The molecular formula is C41H69NO6. The maximum Gasteiger partial charge on any atom is 0.303 e. The minimum Gasteiger partial charge on any atom is -0.481 e. The van der Waals surface area contributed by atoms with Crippen LogP contribution in [0.2, 0.25) is 0 Å². The molecule has 0 aromatic carbocycles. The smallest absolute Gasteiger partial charge is 0.303 e. The first kappa shape index (κ1) is 36.8. The molecule has 7 heteroatoms. The van der Waals surface area contributed by atoms with Gasteiger partial charge in [0.05, 0.1) is 31.5 Å². The molecule has 0 unspecified atom stereocenters. The van der Waals surface area contributed by atoms with Crippen LogP contribution < -0.4 is 5.32 Å². The number of ether oxygens (including phenoxy) is 4. The number of nitrogens with one attached hydrogen (secondary N) is 1. The van der Waals surface area contributed by atoms with E-state index in [1.807, 2.05) is 7.11 Å². The second-order valence-corrected chi connectivity index (χ2v) is 18.7. The van der Waals surface area contributed by atoms with Crippen LogP contribution in [0, 0.1) is 56.7 Å². The Bertz CT molecular complexity index is 1220. The van der Waals surface area contributed by atoms with Crippen LogP contribution in [0.3, 0.4) is 0 Å². The molecule has 0 amide bonds. The molecular weight excluding hydrogens is 602 g/mol. The molecule has 4 aliphatic carbocycles. The number of methoxy groups -OCH3 is 1. The molecule has 0 aromatic rings. The predicted molar refractivity (Wildman–Crippen MR) is 190 cm³/mol. The van der Waals surface area contributed by atoms with Gasteiger partial charge in [-0.2, -0.15) is 0 Å². The standard InChI is InChI=1S/C41H69NO6/c1-11-42-40(18-20-46-21-19-40)25-48-35-31(45-10)23-41-28(5)47-24-37(35,7)32(41)13-12-29-30(41)14-15-39(9)33(22-34(43)44)36(6,27(4)26(2)3)16-17-38(29,39)8/h14,26-29,31-33,35,42H,11-13,15-25H2,1-10H3,(H,43,44)/t27-,28+,29+,31-,32+,33-,35+,36-,37-,38-,39+,41+/m1/s1. The molecule has 6 aliphatic rings.